The quantitative estimate of drug-likeness (QED) is 0.696. The predicted molar refractivity (Wildman–Crippen MR) is 46.6 cm³/mol. The lowest BCUT2D eigenvalue weighted by atomic mass is 10.3. The van der Waals surface area contributed by atoms with E-state index in [1.165, 1.54) is 0 Å². The number of hydrogen-bond donors (Lipinski definition) is 2. The molecule has 1 aromatic carbocycles. The SMILES string of the molecule is N#CC(CO)Nc1ccccc1. The van der Waals surface area contributed by atoms with Gasteiger partial charge in [0.25, 0.3) is 0 Å². The maximum atomic E-state index is 8.70. The molecule has 0 aliphatic heterocycles. The smallest absolute Gasteiger partial charge is 0.137 e. The third kappa shape index (κ3) is 2.26. The minimum atomic E-state index is -0.521. The lowest BCUT2D eigenvalue weighted by Gasteiger charge is -2.08. The second kappa shape index (κ2) is 4.37. The van der Waals surface area contributed by atoms with Gasteiger partial charge in [-0.05, 0) is 12.1 Å². The number of nitriles is 1. The second-order valence-corrected chi connectivity index (χ2v) is 2.37. The van der Waals surface area contributed by atoms with Crippen molar-refractivity contribution < 1.29 is 5.11 Å². The van der Waals surface area contributed by atoms with Crippen molar-refractivity contribution in [3.05, 3.63) is 30.3 Å². The summed E-state index contributed by atoms with van der Waals surface area (Å²) >= 11 is 0. The summed E-state index contributed by atoms with van der Waals surface area (Å²) < 4.78 is 0. The molecule has 0 amide bonds. The summed E-state index contributed by atoms with van der Waals surface area (Å²) in [5, 5.41) is 20.1. The lowest BCUT2D eigenvalue weighted by molar-refractivity contribution is 0.293. The van der Waals surface area contributed by atoms with Crippen molar-refractivity contribution >= 4 is 5.69 Å². The molecule has 1 rings (SSSR count). The Morgan fingerprint density at radius 2 is 2.08 bits per heavy atom. The zero-order chi connectivity index (χ0) is 8.81. The van der Waals surface area contributed by atoms with Gasteiger partial charge in [0.2, 0.25) is 0 Å². The van der Waals surface area contributed by atoms with Crippen LogP contribution >= 0.6 is 0 Å². The number of para-hydroxylation sites is 1. The zero-order valence-electron chi connectivity index (χ0n) is 6.57. The average Bonchev–Trinajstić information content (AvgIpc) is 2.16. The Hall–Kier alpha value is -1.53. The fraction of sp³-hybridized carbons (Fsp3) is 0.222. The number of benzene rings is 1. The monoisotopic (exact) mass is 162 g/mol. The van der Waals surface area contributed by atoms with Crippen LogP contribution in [0.2, 0.25) is 0 Å². The Kier molecular flexibility index (Phi) is 3.12. The number of aliphatic hydroxyl groups excluding tert-OH is 1. The largest absolute Gasteiger partial charge is 0.393 e. The number of hydrogen-bond acceptors (Lipinski definition) is 3. The summed E-state index contributed by atoms with van der Waals surface area (Å²) in [6.07, 6.45) is 0. The normalized spacial score (nSPS) is 11.7. The summed E-state index contributed by atoms with van der Waals surface area (Å²) in [5.74, 6) is 0. The van der Waals surface area contributed by atoms with E-state index in [4.69, 9.17) is 10.4 Å². The molecule has 12 heavy (non-hydrogen) atoms. The number of nitrogens with one attached hydrogen (secondary N) is 1. The van der Waals surface area contributed by atoms with E-state index in [1.807, 2.05) is 36.4 Å². The highest BCUT2D eigenvalue weighted by atomic mass is 16.3. The standard InChI is InChI=1S/C9H10N2O/c10-6-9(7-12)11-8-4-2-1-3-5-8/h1-5,9,11-12H,7H2. The molecule has 0 aliphatic carbocycles. The topological polar surface area (TPSA) is 56.0 Å². The molecule has 1 unspecified atom stereocenters. The van der Waals surface area contributed by atoms with E-state index in [2.05, 4.69) is 5.32 Å². The van der Waals surface area contributed by atoms with Gasteiger partial charge < -0.3 is 10.4 Å². The summed E-state index contributed by atoms with van der Waals surface area (Å²) in [7, 11) is 0. The van der Waals surface area contributed by atoms with Crippen LogP contribution in [0.4, 0.5) is 5.69 Å². The van der Waals surface area contributed by atoms with E-state index in [9.17, 15) is 0 Å². The molecule has 1 aromatic rings. The molecule has 0 fully saturated rings. The van der Waals surface area contributed by atoms with Crippen molar-refractivity contribution in [1.82, 2.24) is 0 Å². The molecule has 0 saturated carbocycles. The van der Waals surface area contributed by atoms with Crippen LogP contribution in [0.25, 0.3) is 0 Å². The molecule has 3 nitrogen and oxygen atoms in total. The van der Waals surface area contributed by atoms with Crippen LogP contribution in [-0.2, 0) is 0 Å². The molecule has 2 N–H and O–H groups in total. The Morgan fingerprint density at radius 3 is 2.58 bits per heavy atom. The molecule has 0 bridgehead atoms. The van der Waals surface area contributed by atoms with Gasteiger partial charge in [-0.25, -0.2) is 0 Å². The Labute approximate surface area is 71.3 Å². The van der Waals surface area contributed by atoms with Gasteiger partial charge in [-0.3, -0.25) is 0 Å². The van der Waals surface area contributed by atoms with Crippen LogP contribution in [0, 0.1) is 11.3 Å². The first kappa shape index (κ1) is 8.57. The van der Waals surface area contributed by atoms with Gasteiger partial charge in [0, 0.05) is 5.69 Å². The summed E-state index contributed by atoms with van der Waals surface area (Å²) in [5.41, 5.74) is 0.845. The third-order valence-electron chi connectivity index (χ3n) is 1.45. The van der Waals surface area contributed by atoms with E-state index in [0.717, 1.165) is 5.69 Å². The number of rotatable bonds is 3. The lowest BCUT2D eigenvalue weighted by Crippen LogP contribution is -2.21. The summed E-state index contributed by atoms with van der Waals surface area (Å²) in [4.78, 5) is 0. The molecule has 3 heteroatoms. The summed E-state index contributed by atoms with van der Waals surface area (Å²) in [6, 6.07) is 10.7. The van der Waals surface area contributed by atoms with E-state index < -0.39 is 6.04 Å². The van der Waals surface area contributed by atoms with Gasteiger partial charge in [0.15, 0.2) is 0 Å². The molecule has 0 spiro atoms. The highest BCUT2D eigenvalue weighted by Crippen LogP contribution is 2.05. The average molecular weight is 162 g/mol. The van der Waals surface area contributed by atoms with Crippen molar-refractivity contribution in [2.45, 2.75) is 6.04 Å². The first-order valence-corrected chi connectivity index (χ1v) is 3.69. The van der Waals surface area contributed by atoms with Crippen LogP contribution in [0.3, 0.4) is 0 Å². The van der Waals surface area contributed by atoms with Gasteiger partial charge in [-0.15, -0.1) is 0 Å². The molecule has 0 heterocycles. The van der Waals surface area contributed by atoms with Crippen LogP contribution in [0.15, 0.2) is 30.3 Å². The minimum Gasteiger partial charge on any atom is -0.393 e. The fourth-order valence-corrected chi connectivity index (χ4v) is 0.854. The van der Waals surface area contributed by atoms with Gasteiger partial charge in [-0.1, -0.05) is 18.2 Å². The van der Waals surface area contributed by atoms with E-state index in [0.29, 0.717) is 0 Å². The minimum absolute atomic E-state index is 0.175. The number of anilines is 1. The van der Waals surface area contributed by atoms with Crippen LogP contribution in [0.5, 0.6) is 0 Å². The van der Waals surface area contributed by atoms with Crippen LogP contribution in [0.1, 0.15) is 0 Å². The molecule has 1 atom stereocenters. The van der Waals surface area contributed by atoms with E-state index in [1.54, 1.807) is 0 Å². The molecule has 0 aliphatic rings. The first-order chi connectivity index (χ1) is 5.86. The Balaban J connectivity index is 2.58. The zero-order valence-corrected chi connectivity index (χ0v) is 6.57. The maximum absolute atomic E-state index is 8.70. The van der Waals surface area contributed by atoms with Crippen molar-refractivity contribution in [2.75, 3.05) is 11.9 Å². The molecule has 0 radical (unpaired) electrons. The molecular weight excluding hydrogens is 152 g/mol. The predicted octanol–water partition coefficient (Wildman–Crippen LogP) is 0.983. The molecule has 0 aromatic heterocycles. The molecular formula is C9H10N2O. The van der Waals surface area contributed by atoms with Gasteiger partial charge in [-0.2, -0.15) is 5.26 Å². The number of nitrogens with zero attached hydrogens (tertiary/aromatic N) is 1. The second-order valence-electron chi connectivity index (χ2n) is 2.37. The van der Waals surface area contributed by atoms with Gasteiger partial charge in [0.05, 0.1) is 12.7 Å². The highest BCUT2D eigenvalue weighted by Gasteiger charge is 2.02. The van der Waals surface area contributed by atoms with Gasteiger partial charge in [0.1, 0.15) is 6.04 Å². The maximum Gasteiger partial charge on any atom is 0.137 e. The van der Waals surface area contributed by atoms with Crippen molar-refractivity contribution in [2.24, 2.45) is 0 Å². The summed E-state index contributed by atoms with van der Waals surface area (Å²) in [6.45, 7) is -0.175. The Bertz CT molecular complexity index is 266. The first-order valence-electron chi connectivity index (χ1n) is 3.69. The molecule has 62 valence electrons. The van der Waals surface area contributed by atoms with E-state index in [-0.39, 0.29) is 6.61 Å². The molecule has 0 saturated heterocycles. The Morgan fingerprint density at radius 1 is 1.42 bits per heavy atom. The van der Waals surface area contributed by atoms with Gasteiger partial charge >= 0.3 is 0 Å². The number of aliphatic hydroxyl groups is 1. The van der Waals surface area contributed by atoms with Crippen LogP contribution < -0.4 is 5.32 Å². The van der Waals surface area contributed by atoms with Crippen molar-refractivity contribution in [3.8, 4) is 6.07 Å². The third-order valence-corrected chi connectivity index (χ3v) is 1.45. The van der Waals surface area contributed by atoms with Crippen molar-refractivity contribution in [1.29, 1.82) is 5.26 Å². The van der Waals surface area contributed by atoms with Crippen molar-refractivity contribution in [3.63, 3.8) is 0 Å². The van der Waals surface area contributed by atoms with Crippen LogP contribution in [-0.4, -0.2) is 17.8 Å². The highest BCUT2D eigenvalue weighted by molar-refractivity contribution is 5.44. The van der Waals surface area contributed by atoms with E-state index >= 15 is 0 Å². The fourth-order valence-electron chi connectivity index (χ4n) is 0.854.